The van der Waals surface area contributed by atoms with Crippen LogP contribution in [-0.2, 0) is 22.2 Å². The lowest BCUT2D eigenvalue weighted by molar-refractivity contribution is -0.139. The lowest BCUT2D eigenvalue weighted by Crippen LogP contribution is -2.47. The second-order valence-corrected chi connectivity index (χ2v) is 7.00. The second-order valence-electron chi connectivity index (χ2n) is 7.00. The predicted molar refractivity (Wildman–Crippen MR) is 95.7 cm³/mol. The third-order valence-electron chi connectivity index (χ3n) is 4.79. The van der Waals surface area contributed by atoms with Gasteiger partial charge in [-0.15, -0.1) is 0 Å². The number of amides is 2. The van der Waals surface area contributed by atoms with Gasteiger partial charge in [-0.2, -0.15) is 13.2 Å². The average molecular weight is 385 g/mol. The first-order valence-electron chi connectivity index (χ1n) is 9.15. The van der Waals surface area contributed by atoms with Gasteiger partial charge in [0.25, 0.3) is 0 Å². The van der Waals surface area contributed by atoms with E-state index in [1.807, 2.05) is 0 Å². The van der Waals surface area contributed by atoms with Crippen LogP contribution in [0.5, 0.6) is 0 Å². The number of nitrogens with one attached hydrogen (secondary N) is 1. The minimum absolute atomic E-state index is 0.0776. The van der Waals surface area contributed by atoms with E-state index in [1.165, 1.54) is 12.1 Å². The zero-order valence-electron chi connectivity index (χ0n) is 15.4. The highest BCUT2D eigenvalue weighted by atomic mass is 19.4. The van der Waals surface area contributed by atoms with Crippen LogP contribution in [0.4, 0.5) is 13.2 Å². The van der Waals surface area contributed by atoms with Crippen LogP contribution in [0, 0.1) is 11.8 Å². The van der Waals surface area contributed by atoms with Gasteiger partial charge in [0.1, 0.15) is 0 Å². The van der Waals surface area contributed by atoms with Crippen LogP contribution in [0.15, 0.2) is 24.3 Å². The van der Waals surface area contributed by atoms with Gasteiger partial charge in [0.05, 0.1) is 11.5 Å². The quantitative estimate of drug-likeness (QED) is 0.788. The van der Waals surface area contributed by atoms with E-state index in [1.54, 1.807) is 11.8 Å². The van der Waals surface area contributed by atoms with Crippen molar-refractivity contribution < 1.29 is 22.8 Å². The van der Waals surface area contributed by atoms with Gasteiger partial charge in [-0.05, 0) is 37.0 Å². The number of nitrogens with zero attached hydrogens (tertiary/aromatic N) is 1. The molecule has 1 aliphatic heterocycles. The SMILES string of the molecule is CC(Cc1ccc(C(F)(F)F)cc1)C(=O)N1CCCC(C(=O)NCCN)C1. The van der Waals surface area contributed by atoms with Gasteiger partial charge in [-0.25, -0.2) is 0 Å². The zero-order valence-corrected chi connectivity index (χ0v) is 15.4. The molecule has 8 heteroatoms. The first kappa shape index (κ1) is 21.2. The summed E-state index contributed by atoms with van der Waals surface area (Å²) in [6.45, 7) is 3.50. The molecule has 1 aromatic rings. The molecule has 1 saturated heterocycles. The fourth-order valence-corrected chi connectivity index (χ4v) is 3.31. The molecule has 1 heterocycles. The first-order chi connectivity index (χ1) is 12.7. The van der Waals surface area contributed by atoms with Crippen molar-refractivity contribution >= 4 is 11.8 Å². The maximum absolute atomic E-state index is 12.7. The number of alkyl halides is 3. The van der Waals surface area contributed by atoms with E-state index in [2.05, 4.69) is 5.32 Å². The Bertz CT molecular complexity index is 647. The molecular weight excluding hydrogens is 359 g/mol. The van der Waals surface area contributed by atoms with Crippen molar-refractivity contribution in [3.8, 4) is 0 Å². The summed E-state index contributed by atoms with van der Waals surface area (Å²) in [5.41, 5.74) is 5.36. The van der Waals surface area contributed by atoms with E-state index in [4.69, 9.17) is 5.73 Å². The summed E-state index contributed by atoms with van der Waals surface area (Å²) in [4.78, 5) is 26.5. The highest BCUT2D eigenvalue weighted by Gasteiger charge is 2.31. The van der Waals surface area contributed by atoms with Crippen LogP contribution >= 0.6 is 0 Å². The molecule has 1 fully saturated rings. The summed E-state index contributed by atoms with van der Waals surface area (Å²) in [5.74, 6) is -0.778. The maximum Gasteiger partial charge on any atom is 0.416 e. The number of rotatable bonds is 6. The van der Waals surface area contributed by atoms with Gasteiger partial charge in [-0.1, -0.05) is 19.1 Å². The highest BCUT2D eigenvalue weighted by Crippen LogP contribution is 2.29. The van der Waals surface area contributed by atoms with Crippen LogP contribution in [0.25, 0.3) is 0 Å². The predicted octanol–water partition coefficient (Wildman–Crippen LogP) is 2.20. The third kappa shape index (κ3) is 5.95. The number of halogens is 3. The summed E-state index contributed by atoms with van der Waals surface area (Å²) in [6.07, 6.45) is -2.53. The Morgan fingerprint density at radius 1 is 1.30 bits per heavy atom. The maximum atomic E-state index is 12.7. The van der Waals surface area contributed by atoms with Gasteiger partial charge in [0.15, 0.2) is 0 Å². The van der Waals surface area contributed by atoms with E-state index in [0.717, 1.165) is 25.0 Å². The van der Waals surface area contributed by atoms with Crippen molar-refractivity contribution in [2.24, 2.45) is 17.6 Å². The lowest BCUT2D eigenvalue weighted by Gasteiger charge is -2.33. The standard InChI is InChI=1S/C19H26F3N3O2/c1-13(11-14-4-6-16(7-5-14)19(20,21)22)18(27)25-10-2-3-15(12-25)17(26)24-9-8-23/h4-7,13,15H,2-3,8-12,23H2,1H3,(H,24,26). The van der Waals surface area contributed by atoms with E-state index >= 15 is 0 Å². The Hall–Kier alpha value is -2.09. The van der Waals surface area contributed by atoms with Crippen molar-refractivity contribution in [3.63, 3.8) is 0 Å². The number of hydrogen-bond donors (Lipinski definition) is 2. The molecule has 2 rings (SSSR count). The minimum Gasteiger partial charge on any atom is -0.355 e. The molecule has 0 aromatic heterocycles. The Balaban J connectivity index is 1.93. The van der Waals surface area contributed by atoms with Crippen LogP contribution in [-0.4, -0.2) is 42.9 Å². The number of hydrogen-bond acceptors (Lipinski definition) is 3. The van der Waals surface area contributed by atoms with E-state index in [0.29, 0.717) is 38.2 Å². The molecule has 2 amide bonds. The van der Waals surface area contributed by atoms with Crippen LogP contribution in [0.3, 0.4) is 0 Å². The summed E-state index contributed by atoms with van der Waals surface area (Å²) >= 11 is 0. The molecule has 0 aliphatic carbocycles. The molecule has 5 nitrogen and oxygen atoms in total. The molecule has 0 saturated carbocycles. The molecule has 0 bridgehead atoms. The Labute approximate surface area is 157 Å². The summed E-state index contributed by atoms with van der Waals surface area (Å²) in [7, 11) is 0. The fraction of sp³-hybridized carbons (Fsp3) is 0.579. The van der Waals surface area contributed by atoms with Crippen molar-refractivity contribution in [2.75, 3.05) is 26.2 Å². The van der Waals surface area contributed by atoms with Gasteiger partial charge in [0.2, 0.25) is 11.8 Å². The number of carbonyl (C=O) groups is 2. The molecule has 0 radical (unpaired) electrons. The second kappa shape index (κ2) is 9.21. The van der Waals surface area contributed by atoms with Gasteiger partial charge in [-0.3, -0.25) is 9.59 Å². The lowest BCUT2D eigenvalue weighted by atomic mass is 9.94. The molecule has 27 heavy (non-hydrogen) atoms. The van der Waals surface area contributed by atoms with Gasteiger partial charge >= 0.3 is 6.18 Å². The van der Waals surface area contributed by atoms with E-state index in [-0.39, 0.29) is 23.7 Å². The smallest absolute Gasteiger partial charge is 0.355 e. The molecule has 1 aromatic carbocycles. The topological polar surface area (TPSA) is 75.4 Å². The number of likely N-dealkylation sites (tertiary alicyclic amines) is 1. The fourth-order valence-electron chi connectivity index (χ4n) is 3.31. The van der Waals surface area contributed by atoms with Crippen molar-refractivity contribution in [1.82, 2.24) is 10.2 Å². The van der Waals surface area contributed by atoms with Gasteiger partial charge in [0, 0.05) is 32.1 Å². The highest BCUT2D eigenvalue weighted by molar-refractivity contribution is 5.82. The van der Waals surface area contributed by atoms with E-state index in [9.17, 15) is 22.8 Å². The molecular formula is C19H26F3N3O2. The molecule has 0 spiro atoms. The van der Waals surface area contributed by atoms with Crippen LogP contribution in [0.1, 0.15) is 30.9 Å². The molecule has 2 atom stereocenters. The van der Waals surface area contributed by atoms with Crippen molar-refractivity contribution in [3.05, 3.63) is 35.4 Å². The van der Waals surface area contributed by atoms with Crippen molar-refractivity contribution in [2.45, 2.75) is 32.4 Å². The normalized spacial score (nSPS) is 18.9. The Kier molecular flexibility index (Phi) is 7.24. The molecule has 1 aliphatic rings. The van der Waals surface area contributed by atoms with Crippen molar-refractivity contribution in [1.29, 1.82) is 0 Å². The van der Waals surface area contributed by atoms with Gasteiger partial charge < -0.3 is 16.0 Å². The summed E-state index contributed by atoms with van der Waals surface area (Å²) in [6, 6.07) is 4.88. The Morgan fingerprint density at radius 2 is 1.96 bits per heavy atom. The number of nitrogens with two attached hydrogens (primary N) is 1. The summed E-state index contributed by atoms with van der Waals surface area (Å²) in [5, 5.41) is 2.75. The molecule has 2 unspecified atom stereocenters. The molecule has 150 valence electrons. The minimum atomic E-state index is -4.37. The van der Waals surface area contributed by atoms with Crippen LogP contribution < -0.4 is 11.1 Å². The summed E-state index contributed by atoms with van der Waals surface area (Å²) < 4.78 is 37.9. The largest absolute Gasteiger partial charge is 0.416 e. The number of piperidine rings is 1. The number of carbonyl (C=O) groups excluding carboxylic acids is 2. The third-order valence-corrected chi connectivity index (χ3v) is 4.79. The number of benzene rings is 1. The molecule has 3 N–H and O–H groups in total. The first-order valence-corrected chi connectivity index (χ1v) is 9.15. The monoisotopic (exact) mass is 385 g/mol. The van der Waals surface area contributed by atoms with E-state index < -0.39 is 11.7 Å². The zero-order chi connectivity index (χ0) is 20.0. The van der Waals surface area contributed by atoms with Crippen LogP contribution in [0.2, 0.25) is 0 Å². The average Bonchev–Trinajstić information content (AvgIpc) is 2.65. The Morgan fingerprint density at radius 3 is 2.56 bits per heavy atom.